The van der Waals surface area contributed by atoms with E-state index < -0.39 is 0 Å². The summed E-state index contributed by atoms with van der Waals surface area (Å²) in [5.41, 5.74) is 1.34. The standard InChI is InChI=1S/C18H16BrFN2O2/c19-16-10-13(6-7-17(16)20)11-18(23)22-14-4-3-5-15(12-14)24-9-2-1-8-21/h3-7,10,12H,1-2,9,11H2,(H,22,23). The van der Waals surface area contributed by atoms with Crippen molar-refractivity contribution in [3.05, 3.63) is 58.3 Å². The summed E-state index contributed by atoms with van der Waals surface area (Å²) in [4.78, 5) is 12.1. The van der Waals surface area contributed by atoms with Crippen LogP contribution in [0.15, 0.2) is 46.9 Å². The van der Waals surface area contributed by atoms with E-state index in [0.717, 1.165) is 0 Å². The first-order valence-electron chi connectivity index (χ1n) is 7.42. The van der Waals surface area contributed by atoms with Crippen molar-refractivity contribution >= 4 is 27.5 Å². The fraction of sp³-hybridized carbons (Fsp3) is 0.222. The monoisotopic (exact) mass is 390 g/mol. The number of ether oxygens (including phenoxy) is 1. The number of nitriles is 1. The molecule has 0 aliphatic carbocycles. The van der Waals surface area contributed by atoms with E-state index in [1.165, 1.54) is 6.07 Å². The smallest absolute Gasteiger partial charge is 0.228 e. The van der Waals surface area contributed by atoms with Gasteiger partial charge in [-0.2, -0.15) is 5.26 Å². The lowest BCUT2D eigenvalue weighted by Gasteiger charge is -2.09. The van der Waals surface area contributed by atoms with Gasteiger partial charge in [0.15, 0.2) is 0 Å². The number of halogens is 2. The average Bonchev–Trinajstić information content (AvgIpc) is 2.55. The van der Waals surface area contributed by atoms with Crippen molar-refractivity contribution < 1.29 is 13.9 Å². The Morgan fingerprint density at radius 3 is 2.88 bits per heavy atom. The van der Waals surface area contributed by atoms with Gasteiger partial charge in [0.1, 0.15) is 11.6 Å². The molecule has 2 aromatic rings. The molecule has 0 fully saturated rings. The summed E-state index contributed by atoms with van der Waals surface area (Å²) in [5, 5.41) is 11.3. The Morgan fingerprint density at radius 1 is 1.29 bits per heavy atom. The van der Waals surface area contributed by atoms with Gasteiger partial charge in [0.25, 0.3) is 0 Å². The van der Waals surface area contributed by atoms with Crippen LogP contribution in [0, 0.1) is 17.1 Å². The van der Waals surface area contributed by atoms with Crippen LogP contribution >= 0.6 is 15.9 Å². The minimum atomic E-state index is -0.361. The molecule has 24 heavy (non-hydrogen) atoms. The minimum absolute atomic E-state index is 0.145. The summed E-state index contributed by atoms with van der Waals surface area (Å²) in [6.07, 6.45) is 1.25. The van der Waals surface area contributed by atoms with Gasteiger partial charge in [-0.3, -0.25) is 4.79 Å². The van der Waals surface area contributed by atoms with Crippen LogP contribution in [0.5, 0.6) is 5.75 Å². The van der Waals surface area contributed by atoms with E-state index in [0.29, 0.717) is 40.9 Å². The predicted molar refractivity (Wildman–Crippen MR) is 93.2 cm³/mol. The molecule has 0 saturated carbocycles. The topological polar surface area (TPSA) is 62.1 Å². The third kappa shape index (κ3) is 5.67. The predicted octanol–water partition coefficient (Wildman–Crippen LogP) is 4.45. The number of anilines is 1. The highest BCUT2D eigenvalue weighted by Crippen LogP contribution is 2.19. The molecule has 0 aliphatic rings. The average molecular weight is 391 g/mol. The summed E-state index contributed by atoms with van der Waals surface area (Å²) in [5.74, 6) is 0.0748. The molecule has 0 unspecified atom stereocenters. The maximum Gasteiger partial charge on any atom is 0.228 e. The molecule has 1 N–H and O–H groups in total. The number of nitrogens with zero attached hydrogens (tertiary/aromatic N) is 1. The molecule has 4 nitrogen and oxygen atoms in total. The van der Waals surface area contributed by atoms with Gasteiger partial charge >= 0.3 is 0 Å². The van der Waals surface area contributed by atoms with Crippen molar-refractivity contribution in [1.82, 2.24) is 0 Å². The van der Waals surface area contributed by atoms with Crippen LogP contribution in [-0.4, -0.2) is 12.5 Å². The second kappa shape index (κ2) is 9.04. The van der Waals surface area contributed by atoms with Crippen LogP contribution in [-0.2, 0) is 11.2 Å². The Balaban J connectivity index is 1.91. The Hall–Kier alpha value is -2.39. The highest BCUT2D eigenvalue weighted by molar-refractivity contribution is 9.10. The first kappa shape index (κ1) is 18.0. The Bertz CT molecular complexity index is 759. The number of carbonyl (C=O) groups excluding carboxylic acids is 1. The number of hydrogen-bond acceptors (Lipinski definition) is 3. The number of rotatable bonds is 7. The van der Waals surface area contributed by atoms with Gasteiger partial charge in [-0.05, 0) is 52.2 Å². The fourth-order valence-electron chi connectivity index (χ4n) is 2.05. The van der Waals surface area contributed by atoms with Gasteiger partial charge < -0.3 is 10.1 Å². The molecule has 0 aromatic heterocycles. The zero-order valence-corrected chi connectivity index (χ0v) is 14.5. The number of unbranched alkanes of at least 4 members (excludes halogenated alkanes) is 1. The van der Waals surface area contributed by atoms with E-state index in [4.69, 9.17) is 10.00 Å². The molecule has 0 spiro atoms. The maximum absolute atomic E-state index is 13.2. The second-order valence-electron chi connectivity index (χ2n) is 5.11. The van der Waals surface area contributed by atoms with Crippen molar-refractivity contribution in [3.8, 4) is 11.8 Å². The van der Waals surface area contributed by atoms with Gasteiger partial charge in [0, 0.05) is 18.2 Å². The number of nitrogens with one attached hydrogen (secondary N) is 1. The molecule has 0 aliphatic heterocycles. The Kier molecular flexibility index (Phi) is 6.76. The Morgan fingerprint density at radius 2 is 2.12 bits per heavy atom. The zero-order chi connectivity index (χ0) is 17.4. The van der Waals surface area contributed by atoms with Gasteiger partial charge in [-0.1, -0.05) is 12.1 Å². The molecular weight excluding hydrogens is 375 g/mol. The molecule has 6 heteroatoms. The normalized spacial score (nSPS) is 10.0. The SMILES string of the molecule is N#CCCCOc1cccc(NC(=O)Cc2ccc(F)c(Br)c2)c1. The molecule has 0 atom stereocenters. The van der Waals surface area contributed by atoms with Gasteiger partial charge in [-0.15, -0.1) is 0 Å². The molecule has 2 aromatic carbocycles. The van der Waals surface area contributed by atoms with E-state index in [1.807, 2.05) is 0 Å². The summed E-state index contributed by atoms with van der Waals surface area (Å²) >= 11 is 3.10. The molecule has 0 heterocycles. The van der Waals surface area contributed by atoms with Crippen LogP contribution in [0.2, 0.25) is 0 Å². The van der Waals surface area contributed by atoms with Crippen molar-refractivity contribution in [2.75, 3.05) is 11.9 Å². The zero-order valence-electron chi connectivity index (χ0n) is 12.9. The number of hydrogen-bond donors (Lipinski definition) is 1. The summed E-state index contributed by atoms with van der Waals surface area (Å²) < 4.78 is 19.1. The van der Waals surface area contributed by atoms with Gasteiger partial charge in [0.05, 0.1) is 23.6 Å². The largest absolute Gasteiger partial charge is 0.493 e. The van der Waals surface area contributed by atoms with Crippen LogP contribution in [0.1, 0.15) is 18.4 Å². The van der Waals surface area contributed by atoms with E-state index in [2.05, 4.69) is 27.3 Å². The Labute approximate surface area is 148 Å². The first-order valence-corrected chi connectivity index (χ1v) is 8.21. The van der Waals surface area contributed by atoms with Crippen LogP contribution in [0.4, 0.5) is 10.1 Å². The third-order valence-electron chi connectivity index (χ3n) is 3.17. The maximum atomic E-state index is 13.2. The van der Waals surface area contributed by atoms with E-state index in [9.17, 15) is 9.18 Å². The van der Waals surface area contributed by atoms with E-state index in [1.54, 1.807) is 36.4 Å². The van der Waals surface area contributed by atoms with Crippen LogP contribution < -0.4 is 10.1 Å². The lowest BCUT2D eigenvalue weighted by molar-refractivity contribution is -0.115. The number of carbonyl (C=O) groups is 1. The van der Waals surface area contributed by atoms with Crippen molar-refractivity contribution in [3.63, 3.8) is 0 Å². The van der Waals surface area contributed by atoms with E-state index >= 15 is 0 Å². The summed E-state index contributed by atoms with van der Waals surface area (Å²) in [6, 6.07) is 13.6. The number of benzene rings is 2. The quantitative estimate of drug-likeness (QED) is 0.710. The highest BCUT2D eigenvalue weighted by atomic mass is 79.9. The van der Waals surface area contributed by atoms with Crippen molar-refractivity contribution in [2.24, 2.45) is 0 Å². The lowest BCUT2D eigenvalue weighted by atomic mass is 10.1. The second-order valence-corrected chi connectivity index (χ2v) is 5.97. The number of amides is 1. The lowest BCUT2D eigenvalue weighted by Crippen LogP contribution is -2.14. The highest BCUT2D eigenvalue weighted by Gasteiger charge is 2.07. The molecule has 0 saturated heterocycles. The fourth-order valence-corrected chi connectivity index (χ4v) is 2.47. The van der Waals surface area contributed by atoms with Crippen molar-refractivity contribution in [2.45, 2.75) is 19.3 Å². The molecule has 124 valence electrons. The molecule has 1 amide bonds. The van der Waals surface area contributed by atoms with Crippen LogP contribution in [0.25, 0.3) is 0 Å². The molecule has 0 radical (unpaired) electrons. The van der Waals surface area contributed by atoms with E-state index in [-0.39, 0.29) is 18.1 Å². The first-order chi connectivity index (χ1) is 11.6. The molecule has 0 bridgehead atoms. The van der Waals surface area contributed by atoms with Gasteiger partial charge in [0.2, 0.25) is 5.91 Å². The van der Waals surface area contributed by atoms with Gasteiger partial charge in [-0.25, -0.2) is 4.39 Å². The summed E-state index contributed by atoms with van der Waals surface area (Å²) in [7, 11) is 0. The molecule has 2 rings (SSSR count). The van der Waals surface area contributed by atoms with Crippen molar-refractivity contribution in [1.29, 1.82) is 5.26 Å². The minimum Gasteiger partial charge on any atom is -0.493 e. The third-order valence-corrected chi connectivity index (χ3v) is 3.78. The molecular formula is C18H16BrFN2O2. The van der Waals surface area contributed by atoms with Crippen LogP contribution in [0.3, 0.4) is 0 Å². The summed E-state index contributed by atoms with van der Waals surface area (Å²) in [6.45, 7) is 0.453.